The number of hydrogen-bond acceptors (Lipinski definition) is 6. The van der Waals surface area contributed by atoms with Crippen molar-refractivity contribution in [1.29, 1.82) is 0 Å². The largest absolute Gasteiger partial charge is 0.497 e. The van der Waals surface area contributed by atoms with Gasteiger partial charge in [0.2, 0.25) is 5.78 Å². The van der Waals surface area contributed by atoms with E-state index in [0.29, 0.717) is 28.4 Å². The molecule has 0 unspecified atom stereocenters. The summed E-state index contributed by atoms with van der Waals surface area (Å²) in [5, 5.41) is 0. The van der Waals surface area contributed by atoms with Crippen molar-refractivity contribution in [1.82, 2.24) is 0 Å². The van der Waals surface area contributed by atoms with E-state index in [1.807, 2.05) is 0 Å². The first-order valence-electron chi connectivity index (χ1n) is 7.99. The van der Waals surface area contributed by atoms with Crippen molar-refractivity contribution < 1.29 is 28.5 Å². The number of ketones is 1. The van der Waals surface area contributed by atoms with Gasteiger partial charge < -0.3 is 18.9 Å². The average Bonchev–Trinajstić information content (AvgIpc) is 2.97. The molecule has 0 spiro atoms. The highest BCUT2D eigenvalue weighted by Crippen LogP contribution is 2.35. The Morgan fingerprint density at radius 3 is 2.65 bits per heavy atom. The summed E-state index contributed by atoms with van der Waals surface area (Å²) in [5.74, 6) is 0.965. The molecule has 0 fully saturated rings. The Bertz CT molecular complexity index is 884. The van der Waals surface area contributed by atoms with E-state index in [0.717, 1.165) is 0 Å². The summed E-state index contributed by atoms with van der Waals surface area (Å²) in [6.07, 6.45) is 0.815. The molecule has 0 aliphatic carbocycles. The van der Waals surface area contributed by atoms with Crippen LogP contribution in [-0.2, 0) is 9.53 Å². The van der Waals surface area contributed by atoms with Gasteiger partial charge in [-0.15, -0.1) is 0 Å². The third-order valence-electron chi connectivity index (χ3n) is 3.92. The van der Waals surface area contributed by atoms with Crippen LogP contribution in [-0.4, -0.2) is 32.1 Å². The van der Waals surface area contributed by atoms with E-state index >= 15 is 0 Å². The molecule has 0 saturated heterocycles. The molecule has 26 heavy (non-hydrogen) atoms. The van der Waals surface area contributed by atoms with Gasteiger partial charge in [0, 0.05) is 11.6 Å². The molecule has 6 nitrogen and oxygen atoms in total. The standard InChI is InChI=1S/C20H18O6/c1-12(20(22)24-3)25-16-7-5-4-6-13(16)10-18-19(21)15-9-8-14(23-2)11-17(15)26-18/h4-12H,1-3H3/b18-10-/t12-/m1/s1. The number of ether oxygens (including phenoxy) is 4. The Labute approximate surface area is 150 Å². The fraction of sp³-hybridized carbons (Fsp3) is 0.200. The van der Waals surface area contributed by atoms with Crippen molar-refractivity contribution in [2.75, 3.05) is 14.2 Å². The zero-order valence-electron chi connectivity index (χ0n) is 14.6. The van der Waals surface area contributed by atoms with E-state index in [-0.39, 0.29) is 11.5 Å². The molecule has 1 atom stereocenters. The van der Waals surface area contributed by atoms with Crippen molar-refractivity contribution in [3.63, 3.8) is 0 Å². The minimum absolute atomic E-state index is 0.176. The summed E-state index contributed by atoms with van der Waals surface area (Å²) < 4.78 is 21.1. The Morgan fingerprint density at radius 2 is 1.92 bits per heavy atom. The van der Waals surface area contributed by atoms with Crippen molar-refractivity contribution in [2.45, 2.75) is 13.0 Å². The SMILES string of the molecule is COC(=O)[C@@H](C)Oc1ccccc1/C=C1\Oc2cc(OC)ccc2C1=O. The quantitative estimate of drug-likeness (QED) is 0.606. The lowest BCUT2D eigenvalue weighted by Gasteiger charge is -2.14. The van der Waals surface area contributed by atoms with Crippen LogP contribution < -0.4 is 14.2 Å². The second-order valence-corrected chi connectivity index (χ2v) is 5.62. The predicted octanol–water partition coefficient (Wildman–Crippen LogP) is 3.25. The Morgan fingerprint density at radius 1 is 1.15 bits per heavy atom. The molecule has 0 aromatic heterocycles. The number of fused-ring (bicyclic) bond motifs is 1. The molecule has 3 rings (SSSR count). The lowest BCUT2D eigenvalue weighted by Crippen LogP contribution is -2.25. The van der Waals surface area contributed by atoms with Crippen LogP contribution in [0.3, 0.4) is 0 Å². The maximum atomic E-state index is 12.5. The minimum Gasteiger partial charge on any atom is -0.497 e. The molecule has 1 heterocycles. The van der Waals surface area contributed by atoms with Crippen LogP contribution in [0.15, 0.2) is 48.2 Å². The number of carbonyl (C=O) groups excluding carboxylic acids is 2. The minimum atomic E-state index is -0.777. The number of benzene rings is 2. The summed E-state index contributed by atoms with van der Waals surface area (Å²) in [6.45, 7) is 1.59. The summed E-state index contributed by atoms with van der Waals surface area (Å²) in [4.78, 5) is 24.1. The number of hydrogen-bond donors (Lipinski definition) is 0. The average molecular weight is 354 g/mol. The molecule has 134 valence electrons. The monoisotopic (exact) mass is 354 g/mol. The number of carbonyl (C=O) groups is 2. The third-order valence-corrected chi connectivity index (χ3v) is 3.92. The van der Waals surface area contributed by atoms with Gasteiger partial charge in [-0.25, -0.2) is 4.79 Å². The van der Waals surface area contributed by atoms with Gasteiger partial charge in [0.05, 0.1) is 19.8 Å². The summed E-state index contributed by atoms with van der Waals surface area (Å²) >= 11 is 0. The normalized spacial score (nSPS) is 15.2. The first kappa shape index (κ1) is 17.5. The zero-order chi connectivity index (χ0) is 18.7. The van der Waals surface area contributed by atoms with Crippen LogP contribution in [0.25, 0.3) is 6.08 Å². The van der Waals surface area contributed by atoms with Gasteiger partial charge in [0.15, 0.2) is 11.9 Å². The summed E-state index contributed by atoms with van der Waals surface area (Å²) in [6, 6.07) is 12.1. The van der Waals surface area contributed by atoms with Crippen LogP contribution in [0, 0.1) is 0 Å². The van der Waals surface area contributed by atoms with Crippen molar-refractivity contribution >= 4 is 17.8 Å². The molecule has 0 bridgehead atoms. The summed E-state index contributed by atoms with van der Waals surface area (Å²) in [7, 11) is 2.85. The number of Topliss-reactive ketones (excluding diaryl/α,β-unsaturated/α-hetero) is 1. The first-order chi connectivity index (χ1) is 12.5. The second-order valence-electron chi connectivity index (χ2n) is 5.62. The maximum absolute atomic E-state index is 12.5. The zero-order valence-corrected chi connectivity index (χ0v) is 14.6. The predicted molar refractivity (Wildman–Crippen MR) is 94.5 cm³/mol. The molecule has 2 aromatic rings. The highest BCUT2D eigenvalue weighted by molar-refractivity contribution is 6.14. The van der Waals surface area contributed by atoms with Gasteiger partial charge in [0.1, 0.15) is 17.2 Å². The smallest absolute Gasteiger partial charge is 0.346 e. The van der Waals surface area contributed by atoms with E-state index in [2.05, 4.69) is 4.74 Å². The van der Waals surface area contributed by atoms with Gasteiger partial charge >= 0.3 is 5.97 Å². The molecule has 6 heteroatoms. The van der Waals surface area contributed by atoms with E-state index in [9.17, 15) is 9.59 Å². The van der Waals surface area contributed by atoms with Crippen molar-refractivity contribution in [3.8, 4) is 17.2 Å². The highest BCUT2D eigenvalue weighted by Gasteiger charge is 2.28. The number of methoxy groups -OCH3 is 2. The Kier molecular flexibility index (Phi) is 4.93. The van der Waals surface area contributed by atoms with E-state index in [1.54, 1.807) is 62.6 Å². The van der Waals surface area contributed by atoms with Crippen molar-refractivity contribution in [2.24, 2.45) is 0 Å². The molecule has 1 aliphatic rings. The second kappa shape index (κ2) is 7.31. The van der Waals surface area contributed by atoms with Crippen LogP contribution >= 0.6 is 0 Å². The van der Waals surface area contributed by atoms with E-state index < -0.39 is 12.1 Å². The van der Waals surface area contributed by atoms with Crippen LogP contribution in [0.1, 0.15) is 22.8 Å². The third kappa shape index (κ3) is 3.39. The number of allylic oxidation sites excluding steroid dienone is 1. The molecule has 0 radical (unpaired) electrons. The molecule has 2 aromatic carbocycles. The fourth-order valence-electron chi connectivity index (χ4n) is 2.55. The van der Waals surface area contributed by atoms with Crippen LogP contribution in [0.4, 0.5) is 0 Å². The fourth-order valence-corrected chi connectivity index (χ4v) is 2.55. The topological polar surface area (TPSA) is 71.1 Å². The number of para-hydroxylation sites is 1. The molecular formula is C20H18O6. The Hall–Kier alpha value is -3.28. The van der Waals surface area contributed by atoms with Gasteiger partial charge in [-0.05, 0) is 31.2 Å². The maximum Gasteiger partial charge on any atom is 0.346 e. The molecule has 1 aliphatic heterocycles. The number of esters is 1. The Balaban J connectivity index is 1.89. The van der Waals surface area contributed by atoms with Gasteiger partial charge in [-0.3, -0.25) is 4.79 Å². The van der Waals surface area contributed by atoms with Gasteiger partial charge in [-0.1, -0.05) is 18.2 Å². The molecular weight excluding hydrogens is 336 g/mol. The highest BCUT2D eigenvalue weighted by atomic mass is 16.6. The first-order valence-corrected chi connectivity index (χ1v) is 7.99. The van der Waals surface area contributed by atoms with Crippen molar-refractivity contribution in [3.05, 3.63) is 59.4 Å². The van der Waals surface area contributed by atoms with Crippen LogP contribution in [0.2, 0.25) is 0 Å². The lowest BCUT2D eigenvalue weighted by atomic mass is 10.1. The molecule has 0 amide bonds. The van der Waals surface area contributed by atoms with E-state index in [1.165, 1.54) is 7.11 Å². The van der Waals surface area contributed by atoms with Gasteiger partial charge in [0.25, 0.3) is 0 Å². The van der Waals surface area contributed by atoms with E-state index in [4.69, 9.17) is 14.2 Å². The van der Waals surface area contributed by atoms with Crippen LogP contribution in [0.5, 0.6) is 17.2 Å². The van der Waals surface area contributed by atoms with Gasteiger partial charge in [-0.2, -0.15) is 0 Å². The molecule has 0 N–H and O–H groups in total. The summed E-state index contributed by atoms with van der Waals surface area (Å²) in [5.41, 5.74) is 1.09. The number of rotatable bonds is 5. The lowest BCUT2D eigenvalue weighted by molar-refractivity contribution is -0.147. The molecule has 0 saturated carbocycles.